The second-order valence-electron chi connectivity index (χ2n) is 5.44. The van der Waals surface area contributed by atoms with Crippen LogP contribution in [0.3, 0.4) is 0 Å². The Morgan fingerprint density at radius 1 is 1.21 bits per heavy atom. The number of carbonyl (C=O) groups is 2. The van der Waals surface area contributed by atoms with Gasteiger partial charge in [0.1, 0.15) is 6.04 Å². The van der Waals surface area contributed by atoms with E-state index < -0.39 is 12.0 Å². The van der Waals surface area contributed by atoms with Crippen molar-refractivity contribution >= 4 is 12.0 Å². The number of urea groups is 1. The first-order valence-corrected chi connectivity index (χ1v) is 7.26. The van der Waals surface area contributed by atoms with Crippen LogP contribution in [0.5, 0.6) is 0 Å². The molecule has 2 amide bonds. The molecule has 0 saturated carbocycles. The number of piperidine rings is 1. The van der Waals surface area contributed by atoms with E-state index in [4.69, 9.17) is 5.11 Å². The molecule has 0 unspecified atom stereocenters. The number of carboxylic acids is 1. The summed E-state index contributed by atoms with van der Waals surface area (Å²) >= 11 is 0. The zero-order valence-corrected chi connectivity index (χ0v) is 12.2. The number of hydrogen-bond acceptors (Lipinski definition) is 2. The van der Waals surface area contributed by atoms with E-state index in [0.29, 0.717) is 11.8 Å². The number of aliphatic carboxylic acids is 1. The molecule has 0 radical (unpaired) electrons. The standard InChI is InChI=1S/C14H26N2O3/c1-4-11(12(17)18)15-13(19)16-9-7-14(5-2,6-3)8-10-16/h11H,4-10H2,1-3H3,(H,15,19)(H,17,18)/t11-/m0/s1. The summed E-state index contributed by atoms with van der Waals surface area (Å²) in [5.41, 5.74) is 0.369. The smallest absolute Gasteiger partial charge is 0.326 e. The SMILES string of the molecule is CC[C@H](NC(=O)N1CCC(CC)(CC)CC1)C(=O)O. The highest BCUT2D eigenvalue weighted by molar-refractivity contribution is 5.82. The van der Waals surface area contributed by atoms with Crippen molar-refractivity contribution in [3.8, 4) is 0 Å². The van der Waals surface area contributed by atoms with Crippen LogP contribution in [0.4, 0.5) is 4.79 Å². The van der Waals surface area contributed by atoms with E-state index in [9.17, 15) is 9.59 Å². The zero-order chi connectivity index (χ0) is 14.5. The summed E-state index contributed by atoms with van der Waals surface area (Å²) in [6.45, 7) is 7.62. The molecule has 1 aliphatic rings. The van der Waals surface area contributed by atoms with Crippen molar-refractivity contribution in [2.75, 3.05) is 13.1 Å². The minimum absolute atomic E-state index is 0.241. The summed E-state index contributed by atoms with van der Waals surface area (Å²) in [4.78, 5) is 24.7. The third kappa shape index (κ3) is 3.85. The first-order valence-electron chi connectivity index (χ1n) is 7.26. The fourth-order valence-electron chi connectivity index (χ4n) is 2.72. The van der Waals surface area contributed by atoms with Gasteiger partial charge in [-0.3, -0.25) is 0 Å². The van der Waals surface area contributed by atoms with Crippen LogP contribution in [0.15, 0.2) is 0 Å². The van der Waals surface area contributed by atoms with Crippen LogP contribution < -0.4 is 5.32 Å². The highest BCUT2D eigenvalue weighted by Gasteiger charge is 2.33. The van der Waals surface area contributed by atoms with Crippen LogP contribution in [0.1, 0.15) is 52.9 Å². The second kappa shape index (κ2) is 6.78. The highest BCUT2D eigenvalue weighted by atomic mass is 16.4. The monoisotopic (exact) mass is 270 g/mol. The van der Waals surface area contributed by atoms with Gasteiger partial charge in [-0.2, -0.15) is 0 Å². The number of carbonyl (C=O) groups excluding carboxylic acids is 1. The van der Waals surface area contributed by atoms with Gasteiger partial charge in [0.25, 0.3) is 0 Å². The predicted molar refractivity (Wildman–Crippen MR) is 74.1 cm³/mol. The fraction of sp³-hybridized carbons (Fsp3) is 0.857. The number of nitrogens with zero attached hydrogens (tertiary/aromatic N) is 1. The van der Waals surface area contributed by atoms with Gasteiger partial charge in [-0.15, -0.1) is 0 Å². The minimum atomic E-state index is -0.968. The van der Waals surface area contributed by atoms with Gasteiger partial charge in [-0.1, -0.05) is 33.6 Å². The van der Waals surface area contributed by atoms with E-state index in [1.165, 1.54) is 0 Å². The van der Waals surface area contributed by atoms with E-state index in [0.717, 1.165) is 38.8 Å². The van der Waals surface area contributed by atoms with Crippen LogP contribution in [0.25, 0.3) is 0 Å². The Morgan fingerprint density at radius 3 is 2.11 bits per heavy atom. The molecular formula is C14H26N2O3. The van der Waals surface area contributed by atoms with Crippen LogP contribution in [-0.2, 0) is 4.79 Å². The number of hydrogen-bond donors (Lipinski definition) is 2. The largest absolute Gasteiger partial charge is 0.480 e. The molecule has 19 heavy (non-hydrogen) atoms. The summed E-state index contributed by atoms with van der Waals surface area (Å²) in [5, 5.41) is 11.5. The Labute approximate surface area is 115 Å². The van der Waals surface area contributed by atoms with Crippen molar-refractivity contribution in [3.63, 3.8) is 0 Å². The molecule has 0 aromatic carbocycles. The van der Waals surface area contributed by atoms with Crippen LogP contribution in [0, 0.1) is 5.41 Å². The van der Waals surface area contributed by atoms with Gasteiger partial charge in [0.2, 0.25) is 0 Å². The molecule has 0 aromatic rings. The molecule has 1 heterocycles. The van der Waals surface area contributed by atoms with Crippen molar-refractivity contribution in [3.05, 3.63) is 0 Å². The van der Waals surface area contributed by atoms with Crippen LogP contribution in [-0.4, -0.2) is 41.1 Å². The molecule has 5 nitrogen and oxygen atoms in total. The van der Waals surface area contributed by atoms with Crippen molar-refractivity contribution in [1.82, 2.24) is 10.2 Å². The molecule has 110 valence electrons. The highest BCUT2D eigenvalue weighted by Crippen LogP contribution is 2.37. The van der Waals surface area contributed by atoms with Gasteiger partial charge in [0, 0.05) is 13.1 Å². The summed E-state index contributed by atoms with van der Waals surface area (Å²) in [7, 11) is 0. The summed E-state index contributed by atoms with van der Waals surface area (Å²) in [5.74, 6) is -0.968. The van der Waals surface area contributed by atoms with E-state index in [-0.39, 0.29) is 6.03 Å². The Balaban J connectivity index is 2.51. The quantitative estimate of drug-likeness (QED) is 0.806. The number of carboxylic acid groups (broad SMARTS) is 1. The van der Waals surface area contributed by atoms with Crippen molar-refractivity contribution in [2.24, 2.45) is 5.41 Å². The van der Waals surface area contributed by atoms with Gasteiger partial charge < -0.3 is 15.3 Å². The molecule has 1 fully saturated rings. The van der Waals surface area contributed by atoms with Crippen LogP contribution in [0.2, 0.25) is 0 Å². The lowest BCUT2D eigenvalue weighted by Gasteiger charge is -2.41. The third-order valence-corrected chi connectivity index (χ3v) is 4.62. The van der Waals surface area contributed by atoms with Gasteiger partial charge in [-0.05, 0) is 24.7 Å². The van der Waals surface area contributed by atoms with Gasteiger partial charge >= 0.3 is 12.0 Å². The maximum Gasteiger partial charge on any atom is 0.326 e. The average molecular weight is 270 g/mol. The maximum absolute atomic E-state index is 12.0. The summed E-state index contributed by atoms with van der Waals surface area (Å²) in [6.07, 6.45) is 4.72. The summed E-state index contributed by atoms with van der Waals surface area (Å²) < 4.78 is 0. The topological polar surface area (TPSA) is 69.6 Å². The Bertz CT molecular complexity index is 317. The first-order chi connectivity index (χ1) is 8.98. The van der Waals surface area contributed by atoms with Gasteiger partial charge in [0.05, 0.1) is 0 Å². The molecule has 1 aliphatic heterocycles. The Morgan fingerprint density at radius 2 is 1.74 bits per heavy atom. The lowest BCUT2D eigenvalue weighted by atomic mass is 9.74. The first kappa shape index (κ1) is 15.8. The van der Waals surface area contributed by atoms with Crippen LogP contribution >= 0.6 is 0 Å². The van der Waals surface area contributed by atoms with Gasteiger partial charge in [0.15, 0.2) is 0 Å². The van der Waals surface area contributed by atoms with E-state index in [1.807, 2.05) is 0 Å². The third-order valence-electron chi connectivity index (χ3n) is 4.62. The number of likely N-dealkylation sites (tertiary alicyclic amines) is 1. The van der Waals surface area contributed by atoms with E-state index in [2.05, 4.69) is 19.2 Å². The molecule has 5 heteroatoms. The average Bonchev–Trinajstić information content (AvgIpc) is 2.44. The number of rotatable bonds is 5. The second-order valence-corrected chi connectivity index (χ2v) is 5.44. The summed E-state index contributed by atoms with van der Waals surface area (Å²) in [6, 6.07) is -1.02. The molecule has 0 bridgehead atoms. The molecule has 2 N–H and O–H groups in total. The normalized spacial score (nSPS) is 19.8. The van der Waals surface area contributed by atoms with Gasteiger partial charge in [-0.25, -0.2) is 9.59 Å². The molecule has 1 saturated heterocycles. The van der Waals surface area contributed by atoms with Crippen molar-refractivity contribution in [2.45, 2.75) is 58.9 Å². The zero-order valence-electron chi connectivity index (χ0n) is 12.2. The minimum Gasteiger partial charge on any atom is -0.480 e. The maximum atomic E-state index is 12.0. The number of amides is 2. The van der Waals surface area contributed by atoms with E-state index in [1.54, 1.807) is 11.8 Å². The molecule has 0 aromatic heterocycles. The Hall–Kier alpha value is -1.26. The molecule has 0 aliphatic carbocycles. The molecular weight excluding hydrogens is 244 g/mol. The van der Waals surface area contributed by atoms with E-state index >= 15 is 0 Å². The molecule has 0 spiro atoms. The number of nitrogens with one attached hydrogen (secondary N) is 1. The molecule has 1 atom stereocenters. The lowest BCUT2D eigenvalue weighted by molar-refractivity contribution is -0.139. The fourth-order valence-corrected chi connectivity index (χ4v) is 2.72. The molecule has 1 rings (SSSR count). The Kier molecular flexibility index (Phi) is 5.63. The van der Waals surface area contributed by atoms with Crippen molar-refractivity contribution in [1.29, 1.82) is 0 Å². The lowest BCUT2D eigenvalue weighted by Crippen LogP contribution is -2.51. The predicted octanol–water partition coefficient (Wildman–Crippen LogP) is 2.46. The van der Waals surface area contributed by atoms with Crippen molar-refractivity contribution < 1.29 is 14.7 Å².